The summed E-state index contributed by atoms with van der Waals surface area (Å²) >= 11 is 0. The van der Waals surface area contributed by atoms with Gasteiger partial charge in [0.1, 0.15) is 11.9 Å². The summed E-state index contributed by atoms with van der Waals surface area (Å²) in [6.45, 7) is 2.46. The smallest absolute Gasteiger partial charge is 0.124 e. The van der Waals surface area contributed by atoms with E-state index in [1.54, 1.807) is 12.3 Å². The third-order valence-electron chi connectivity index (χ3n) is 2.51. The second-order valence-electron chi connectivity index (χ2n) is 3.68. The maximum atomic E-state index is 12.9. The van der Waals surface area contributed by atoms with Crippen LogP contribution in [-0.2, 0) is 6.54 Å². The lowest BCUT2D eigenvalue weighted by Crippen LogP contribution is -2.02. The minimum Gasteiger partial charge on any atom is -0.380 e. The molecular weight excluding hydrogens is 219 g/mol. The molecule has 0 aliphatic carbocycles. The molecule has 1 aromatic heterocycles. The molecule has 0 bridgehead atoms. The molecule has 5 heteroatoms. The Hall–Kier alpha value is -2.35. The van der Waals surface area contributed by atoms with Gasteiger partial charge in [0.2, 0.25) is 0 Å². The lowest BCUT2D eigenvalue weighted by Gasteiger charge is -2.07. The summed E-state index contributed by atoms with van der Waals surface area (Å²) in [6, 6.07) is 6.05. The minimum absolute atomic E-state index is 0.297. The molecule has 17 heavy (non-hydrogen) atoms. The molecule has 0 aliphatic rings. The lowest BCUT2D eigenvalue weighted by atomic mass is 10.2. The third kappa shape index (κ3) is 2.42. The third-order valence-corrected chi connectivity index (χ3v) is 2.51. The van der Waals surface area contributed by atoms with Gasteiger partial charge in [-0.1, -0.05) is 0 Å². The highest BCUT2D eigenvalue weighted by Gasteiger charge is 2.05. The van der Waals surface area contributed by atoms with Crippen molar-refractivity contribution in [3.8, 4) is 6.07 Å². The van der Waals surface area contributed by atoms with E-state index in [-0.39, 0.29) is 0 Å². The monoisotopic (exact) mass is 230 g/mol. The molecular formula is C12H11FN4. The topological polar surface area (TPSA) is 64.5 Å². The van der Waals surface area contributed by atoms with E-state index in [1.807, 2.05) is 13.0 Å². The Kier molecular flexibility index (Phi) is 3.06. The molecule has 0 amide bonds. The zero-order chi connectivity index (χ0) is 12.3. The van der Waals surface area contributed by atoms with Gasteiger partial charge in [0.15, 0.2) is 0 Å². The van der Waals surface area contributed by atoms with Crippen LogP contribution in [0.3, 0.4) is 0 Å². The Morgan fingerprint density at radius 3 is 3.00 bits per heavy atom. The van der Waals surface area contributed by atoms with Crippen LogP contribution in [0.25, 0.3) is 0 Å². The molecule has 0 unspecified atom stereocenters. The molecule has 2 aromatic rings. The normalized spacial score (nSPS) is 9.94. The SMILES string of the molecule is Cc1[nH]ncc1CNc1ccc(F)cc1C#N. The van der Waals surface area contributed by atoms with Gasteiger partial charge in [0.25, 0.3) is 0 Å². The number of nitrogens with one attached hydrogen (secondary N) is 2. The van der Waals surface area contributed by atoms with Crippen LogP contribution in [-0.4, -0.2) is 10.2 Å². The Morgan fingerprint density at radius 2 is 2.35 bits per heavy atom. The largest absolute Gasteiger partial charge is 0.380 e. The second kappa shape index (κ2) is 4.66. The van der Waals surface area contributed by atoms with E-state index in [9.17, 15) is 4.39 Å². The van der Waals surface area contributed by atoms with E-state index in [1.165, 1.54) is 12.1 Å². The number of hydrogen-bond donors (Lipinski definition) is 2. The van der Waals surface area contributed by atoms with Crippen molar-refractivity contribution in [3.63, 3.8) is 0 Å². The highest BCUT2D eigenvalue weighted by molar-refractivity contribution is 5.57. The van der Waals surface area contributed by atoms with Crippen LogP contribution in [0.1, 0.15) is 16.8 Å². The number of nitriles is 1. The van der Waals surface area contributed by atoms with Crippen LogP contribution >= 0.6 is 0 Å². The number of aromatic amines is 1. The molecule has 0 saturated heterocycles. The quantitative estimate of drug-likeness (QED) is 0.850. The fourth-order valence-electron chi connectivity index (χ4n) is 1.51. The zero-order valence-electron chi connectivity index (χ0n) is 9.29. The summed E-state index contributed by atoms with van der Waals surface area (Å²) in [7, 11) is 0. The van der Waals surface area contributed by atoms with E-state index in [0.29, 0.717) is 17.8 Å². The van der Waals surface area contributed by atoms with E-state index in [4.69, 9.17) is 5.26 Å². The number of rotatable bonds is 3. The number of aromatic nitrogens is 2. The average molecular weight is 230 g/mol. The van der Waals surface area contributed by atoms with E-state index in [2.05, 4.69) is 15.5 Å². The van der Waals surface area contributed by atoms with Crippen molar-refractivity contribution in [2.45, 2.75) is 13.5 Å². The maximum Gasteiger partial charge on any atom is 0.124 e. The van der Waals surface area contributed by atoms with Crippen LogP contribution in [0.4, 0.5) is 10.1 Å². The number of halogens is 1. The predicted octanol–water partition coefficient (Wildman–Crippen LogP) is 2.34. The van der Waals surface area contributed by atoms with Crippen LogP contribution < -0.4 is 5.32 Å². The highest BCUT2D eigenvalue weighted by atomic mass is 19.1. The van der Waals surface area contributed by atoms with Crippen LogP contribution in [0.15, 0.2) is 24.4 Å². The highest BCUT2D eigenvalue weighted by Crippen LogP contribution is 2.17. The van der Waals surface area contributed by atoms with Crippen molar-refractivity contribution in [1.29, 1.82) is 5.26 Å². The van der Waals surface area contributed by atoms with E-state index in [0.717, 1.165) is 11.3 Å². The fourth-order valence-corrected chi connectivity index (χ4v) is 1.51. The van der Waals surface area contributed by atoms with Gasteiger partial charge >= 0.3 is 0 Å². The van der Waals surface area contributed by atoms with Gasteiger partial charge in [-0.2, -0.15) is 10.4 Å². The molecule has 0 spiro atoms. The van der Waals surface area contributed by atoms with Crippen molar-refractivity contribution in [2.24, 2.45) is 0 Å². The first-order valence-corrected chi connectivity index (χ1v) is 5.13. The molecule has 0 fully saturated rings. The van der Waals surface area contributed by atoms with Gasteiger partial charge in [0.05, 0.1) is 17.4 Å². The Morgan fingerprint density at radius 1 is 1.53 bits per heavy atom. The molecule has 4 nitrogen and oxygen atoms in total. The predicted molar refractivity (Wildman–Crippen MR) is 61.8 cm³/mol. The number of aryl methyl sites for hydroxylation is 1. The number of hydrogen-bond acceptors (Lipinski definition) is 3. The Labute approximate surface area is 98.1 Å². The van der Waals surface area contributed by atoms with Gasteiger partial charge in [-0.15, -0.1) is 0 Å². The van der Waals surface area contributed by atoms with E-state index < -0.39 is 5.82 Å². The van der Waals surface area contributed by atoms with Crippen molar-refractivity contribution in [1.82, 2.24) is 10.2 Å². The van der Waals surface area contributed by atoms with Crippen molar-refractivity contribution in [2.75, 3.05) is 5.32 Å². The van der Waals surface area contributed by atoms with Crippen molar-refractivity contribution in [3.05, 3.63) is 47.0 Å². The minimum atomic E-state index is -0.411. The van der Waals surface area contributed by atoms with Gasteiger partial charge < -0.3 is 5.32 Å². The van der Waals surface area contributed by atoms with Gasteiger partial charge in [-0.05, 0) is 25.1 Å². The maximum absolute atomic E-state index is 12.9. The summed E-state index contributed by atoms with van der Waals surface area (Å²) in [5.41, 5.74) is 2.90. The van der Waals surface area contributed by atoms with Crippen LogP contribution in [0, 0.1) is 24.1 Å². The first kappa shape index (κ1) is 11.1. The number of benzene rings is 1. The zero-order valence-corrected chi connectivity index (χ0v) is 9.29. The molecule has 1 aromatic carbocycles. The molecule has 86 valence electrons. The van der Waals surface area contributed by atoms with Gasteiger partial charge in [-0.3, -0.25) is 5.10 Å². The molecule has 2 N–H and O–H groups in total. The van der Waals surface area contributed by atoms with Crippen molar-refractivity contribution < 1.29 is 4.39 Å². The van der Waals surface area contributed by atoms with Crippen LogP contribution in [0.2, 0.25) is 0 Å². The number of nitrogens with zero attached hydrogens (tertiary/aromatic N) is 2. The standard InChI is InChI=1S/C12H11FN4/c1-8-10(7-16-17-8)6-15-12-3-2-11(13)4-9(12)5-14/h2-4,7,15H,6H2,1H3,(H,16,17). The molecule has 0 atom stereocenters. The molecule has 2 rings (SSSR count). The lowest BCUT2D eigenvalue weighted by molar-refractivity contribution is 0.627. The molecule has 0 saturated carbocycles. The first-order chi connectivity index (χ1) is 8.20. The van der Waals surface area contributed by atoms with E-state index >= 15 is 0 Å². The molecule has 1 heterocycles. The molecule has 0 aliphatic heterocycles. The van der Waals surface area contributed by atoms with Crippen molar-refractivity contribution >= 4 is 5.69 Å². The summed E-state index contributed by atoms with van der Waals surface area (Å²) in [4.78, 5) is 0. The number of anilines is 1. The Balaban J connectivity index is 2.15. The first-order valence-electron chi connectivity index (χ1n) is 5.13. The summed E-state index contributed by atoms with van der Waals surface area (Å²) in [5.74, 6) is -0.411. The second-order valence-corrected chi connectivity index (χ2v) is 3.68. The summed E-state index contributed by atoms with van der Waals surface area (Å²) in [6.07, 6.45) is 1.72. The molecule has 0 radical (unpaired) electrons. The summed E-state index contributed by atoms with van der Waals surface area (Å²) < 4.78 is 12.9. The average Bonchev–Trinajstić information content (AvgIpc) is 2.73. The Bertz CT molecular complexity index is 568. The summed E-state index contributed by atoms with van der Waals surface area (Å²) in [5, 5.41) is 18.7. The number of H-pyrrole nitrogens is 1. The van der Waals surface area contributed by atoms with Gasteiger partial charge in [-0.25, -0.2) is 4.39 Å². The fraction of sp³-hybridized carbons (Fsp3) is 0.167. The van der Waals surface area contributed by atoms with Gasteiger partial charge in [0, 0.05) is 17.8 Å². The van der Waals surface area contributed by atoms with Crippen LogP contribution in [0.5, 0.6) is 0 Å².